The summed E-state index contributed by atoms with van der Waals surface area (Å²) in [6.45, 7) is 2.09. The van der Waals surface area contributed by atoms with Crippen molar-refractivity contribution in [1.82, 2.24) is 9.97 Å². The molecule has 1 rings (SSSR count). The van der Waals surface area contributed by atoms with Crippen molar-refractivity contribution >= 4 is 11.6 Å². The highest BCUT2D eigenvalue weighted by atomic mass is 15.0. The number of nitrogens with zero attached hydrogens (tertiary/aromatic N) is 2. The predicted octanol–water partition coefficient (Wildman–Crippen LogP) is 1.05. The molecule has 0 unspecified atom stereocenters. The molecule has 0 saturated heterocycles. The van der Waals surface area contributed by atoms with E-state index in [1.165, 1.54) is 0 Å². The van der Waals surface area contributed by atoms with Gasteiger partial charge in [0.2, 0.25) is 0 Å². The number of nitrogens with two attached hydrogens (primary N) is 1. The van der Waals surface area contributed by atoms with Crippen molar-refractivity contribution in [1.29, 1.82) is 0 Å². The van der Waals surface area contributed by atoms with E-state index in [0.29, 0.717) is 5.82 Å². The predicted molar refractivity (Wildman–Crippen MR) is 50.0 cm³/mol. The van der Waals surface area contributed by atoms with Gasteiger partial charge in [0.25, 0.3) is 0 Å². The quantitative estimate of drug-likeness (QED) is 0.704. The maximum Gasteiger partial charge on any atom is 0.133 e. The third-order valence-electron chi connectivity index (χ3n) is 1.52. The first kappa shape index (κ1) is 8.77. The van der Waals surface area contributed by atoms with E-state index < -0.39 is 0 Å². The SMILES string of the molecule is CCCc1nc(N)cc(NC)n1. The van der Waals surface area contributed by atoms with Crippen LogP contribution in [0.3, 0.4) is 0 Å². The van der Waals surface area contributed by atoms with Crippen molar-refractivity contribution < 1.29 is 0 Å². The molecule has 1 aromatic heterocycles. The van der Waals surface area contributed by atoms with E-state index in [2.05, 4.69) is 22.2 Å². The number of rotatable bonds is 3. The average molecular weight is 166 g/mol. The monoisotopic (exact) mass is 166 g/mol. The third kappa shape index (κ3) is 2.08. The molecule has 0 atom stereocenters. The molecule has 0 fully saturated rings. The second-order valence-electron chi connectivity index (χ2n) is 2.59. The molecule has 0 radical (unpaired) electrons. The Labute approximate surface area is 72.2 Å². The fourth-order valence-corrected chi connectivity index (χ4v) is 0.981. The summed E-state index contributed by atoms with van der Waals surface area (Å²) in [5.74, 6) is 2.12. The van der Waals surface area contributed by atoms with Crippen molar-refractivity contribution in [2.45, 2.75) is 19.8 Å². The van der Waals surface area contributed by atoms with Crippen LogP contribution in [0, 0.1) is 0 Å². The van der Waals surface area contributed by atoms with Crippen LogP contribution in [0.5, 0.6) is 0 Å². The van der Waals surface area contributed by atoms with Gasteiger partial charge in [-0.05, 0) is 6.42 Å². The summed E-state index contributed by atoms with van der Waals surface area (Å²) in [6.07, 6.45) is 1.91. The van der Waals surface area contributed by atoms with E-state index in [1.807, 2.05) is 7.05 Å². The Bertz CT molecular complexity index is 259. The van der Waals surface area contributed by atoms with Crippen molar-refractivity contribution in [2.24, 2.45) is 0 Å². The van der Waals surface area contributed by atoms with Crippen LogP contribution in [0.1, 0.15) is 19.2 Å². The highest BCUT2D eigenvalue weighted by Crippen LogP contribution is 2.08. The Morgan fingerprint density at radius 2 is 2.25 bits per heavy atom. The van der Waals surface area contributed by atoms with Gasteiger partial charge in [0.05, 0.1) is 0 Å². The standard InChI is InChI=1S/C8H14N4/c1-3-4-7-11-6(9)5-8(10-2)12-7/h5H,3-4H2,1-2H3,(H3,9,10,11,12). The number of aromatic nitrogens is 2. The second-order valence-corrected chi connectivity index (χ2v) is 2.59. The normalized spacial score (nSPS) is 9.83. The number of aryl methyl sites for hydroxylation is 1. The fraction of sp³-hybridized carbons (Fsp3) is 0.500. The Hall–Kier alpha value is -1.32. The highest BCUT2D eigenvalue weighted by molar-refractivity contribution is 5.43. The minimum Gasteiger partial charge on any atom is -0.384 e. The van der Waals surface area contributed by atoms with E-state index in [4.69, 9.17) is 5.73 Å². The zero-order chi connectivity index (χ0) is 8.97. The molecule has 0 spiro atoms. The van der Waals surface area contributed by atoms with E-state index in [-0.39, 0.29) is 0 Å². The van der Waals surface area contributed by atoms with Crippen LogP contribution < -0.4 is 11.1 Å². The van der Waals surface area contributed by atoms with E-state index in [9.17, 15) is 0 Å². The second kappa shape index (κ2) is 3.90. The zero-order valence-corrected chi connectivity index (χ0v) is 7.46. The summed E-state index contributed by atoms with van der Waals surface area (Å²) in [6, 6.07) is 1.72. The lowest BCUT2D eigenvalue weighted by atomic mass is 10.3. The molecule has 12 heavy (non-hydrogen) atoms. The first-order valence-electron chi connectivity index (χ1n) is 4.07. The maximum atomic E-state index is 5.57. The average Bonchev–Trinajstić information content (AvgIpc) is 2.04. The highest BCUT2D eigenvalue weighted by Gasteiger charge is 1.99. The smallest absolute Gasteiger partial charge is 0.133 e. The van der Waals surface area contributed by atoms with Crippen LogP contribution in [-0.4, -0.2) is 17.0 Å². The van der Waals surface area contributed by atoms with Gasteiger partial charge in [-0.3, -0.25) is 0 Å². The Balaban J connectivity index is 2.90. The molecule has 1 heterocycles. The van der Waals surface area contributed by atoms with Crippen LogP contribution in [0.2, 0.25) is 0 Å². The lowest BCUT2D eigenvalue weighted by molar-refractivity contribution is 0.839. The molecule has 1 aromatic rings. The summed E-state index contributed by atoms with van der Waals surface area (Å²) in [5.41, 5.74) is 5.57. The van der Waals surface area contributed by atoms with Gasteiger partial charge in [0.15, 0.2) is 0 Å². The van der Waals surface area contributed by atoms with Gasteiger partial charge in [-0.2, -0.15) is 0 Å². The van der Waals surface area contributed by atoms with Gasteiger partial charge in [0.1, 0.15) is 17.5 Å². The van der Waals surface area contributed by atoms with Gasteiger partial charge < -0.3 is 11.1 Å². The topological polar surface area (TPSA) is 63.8 Å². The van der Waals surface area contributed by atoms with Crippen LogP contribution in [0.25, 0.3) is 0 Å². The van der Waals surface area contributed by atoms with Crippen molar-refractivity contribution in [3.63, 3.8) is 0 Å². The molecule has 3 N–H and O–H groups in total. The number of hydrogen-bond acceptors (Lipinski definition) is 4. The number of nitrogen functional groups attached to an aromatic ring is 1. The maximum absolute atomic E-state index is 5.57. The molecule has 0 amide bonds. The van der Waals surface area contributed by atoms with Gasteiger partial charge in [-0.25, -0.2) is 9.97 Å². The molecule has 4 nitrogen and oxygen atoms in total. The summed E-state index contributed by atoms with van der Waals surface area (Å²) in [7, 11) is 1.82. The Kier molecular flexibility index (Phi) is 2.85. The molecule has 0 aromatic carbocycles. The summed E-state index contributed by atoms with van der Waals surface area (Å²) in [5, 5.41) is 2.94. The van der Waals surface area contributed by atoms with Gasteiger partial charge in [0, 0.05) is 19.5 Å². The molecule has 0 aliphatic carbocycles. The molecule has 4 heteroatoms. The van der Waals surface area contributed by atoms with E-state index in [1.54, 1.807) is 6.07 Å². The molecule has 0 aliphatic rings. The summed E-state index contributed by atoms with van der Waals surface area (Å²) >= 11 is 0. The molecular formula is C8H14N4. The lowest BCUT2D eigenvalue weighted by Gasteiger charge is -2.03. The largest absolute Gasteiger partial charge is 0.384 e. The zero-order valence-electron chi connectivity index (χ0n) is 7.46. The van der Waals surface area contributed by atoms with Crippen molar-refractivity contribution in [2.75, 3.05) is 18.1 Å². The number of nitrogens with one attached hydrogen (secondary N) is 1. The Morgan fingerprint density at radius 1 is 1.50 bits per heavy atom. The molecule has 66 valence electrons. The van der Waals surface area contributed by atoms with Crippen molar-refractivity contribution in [3.05, 3.63) is 11.9 Å². The number of anilines is 2. The minimum absolute atomic E-state index is 0.526. The molecule has 0 bridgehead atoms. The molecule has 0 aliphatic heterocycles. The van der Waals surface area contributed by atoms with Gasteiger partial charge in [-0.1, -0.05) is 6.92 Å². The fourth-order valence-electron chi connectivity index (χ4n) is 0.981. The van der Waals surface area contributed by atoms with Crippen LogP contribution >= 0.6 is 0 Å². The summed E-state index contributed by atoms with van der Waals surface area (Å²) < 4.78 is 0. The number of hydrogen-bond donors (Lipinski definition) is 2. The van der Waals surface area contributed by atoms with Gasteiger partial charge >= 0.3 is 0 Å². The van der Waals surface area contributed by atoms with Gasteiger partial charge in [-0.15, -0.1) is 0 Å². The van der Waals surface area contributed by atoms with E-state index >= 15 is 0 Å². The third-order valence-corrected chi connectivity index (χ3v) is 1.52. The first-order valence-corrected chi connectivity index (χ1v) is 4.07. The van der Waals surface area contributed by atoms with E-state index in [0.717, 1.165) is 24.5 Å². The molecular weight excluding hydrogens is 152 g/mol. The Morgan fingerprint density at radius 3 is 2.83 bits per heavy atom. The minimum atomic E-state index is 0.526. The van der Waals surface area contributed by atoms with Crippen molar-refractivity contribution in [3.8, 4) is 0 Å². The first-order chi connectivity index (χ1) is 5.76. The lowest BCUT2D eigenvalue weighted by Crippen LogP contribution is -2.03. The summed E-state index contributed by atoms with van der Waals surface area (Å²) in [4.78, 5) is 8.34. The molecule has 0 saturated carbocycles. The van der Waals surface area contributed by atoms with Crippen LogP contribution in [0.15, 0.2) is 6.07 Å². The van der Waals surface area contributed by atoms with Crippen LogP contribution in [0.4, 0.5) is 11.6 Å². The van der Waals surface area contributed by atoms with Crippen LogP contribution in [-0.2, 0) is 6.42 Å².